The predicted molar refractivity (Wildman–Crippen MR) is 93.6 cm³/mol. The van der Waals surface area contributed by atoms with Crippen molar-refractivity contribution in [3.05, 3.63) is 95.7 Å². The molecule has 1 N–H and O–H groups in total. The van der Waals surface area contributed by atoms with Gasteiger partial charge in [-0.05, 0) is 48.0 Å². The van der Waals surface area contributed by atoms with E-state index >= 15 is 0 Å². The van der Waals surface area contributed by atoms with Gasteiger partial charge in [0.05, 0.1) is 17.9 Å². The number of aliphatic hydroxyl groups is 1. The summed E-state index contributed by atoms with van der Waals surface area (Å²) < 4.78 is 18.9. The molecule has 1 aromatic carbocycles. The van der Waals surface area contributed by atoms with E-state index in [2.05, 4.69) is 4.98 Å². The second kappa shape index (κ2) is 6.53. The lowest BCUT2D eigenvalue weighted by Crippen LogP contribution is -2.31. The van der Waals surface area contributed by atoms with Crippen molar-refractivity contribution in [1.82, 2.24) is 4.98 Å². The fourth-order valence-corrected chi connectivity index (χ4v) is 3.13. The Kier molecular flexibility index (Phi) is 4.04. The van der Waals surface area contributed by atoms with E-state index in [1.165, 1.54) is 60.0 Å². The molecule has 4 rings (SSSR count). The summed E-state index contributed by atoms with van der Waals surface area (Å²) in [6, 6.07) is 10.7. The van der Waals surface area contributed by atoms with E-state index in [1.807, 2.05) is 0 Å². The van der Waals surface area contributed by atoms with E-state index < -0.39 is 29.3 Å². The summed E-state index contributed by atoms with van der Waals surface area (Å²) in [5, 5.41) is 10.5. The quantitative estimate of drug-likeness (QED) is 0.715. The molecular weight excluding hydrogens is 351 g/mol. The van der Waals surface area contributed by atoms with Crippen molar-refractivity contribution < 1.29 is 23.5 Å². The average molecular weight is 364 g/mol. The number of aromatic nitrogens is 1. The number of carbonyl (C=O) groups excluding carboxylic acids is 2. The number of pyridine rings is 1. The largest absolute Gasteiger partial charge is 0.503 e. The highest BCUT2D eigenvalue weighted by atomic mass is 19.1. The summed E-state index contributed by atoms with van der Waals surface area (Å²) in [6.45, 7) is 0. The fourth-order valence-electron chi connectivity index (χ4n) is 3.13. The number of carbonyl (C=O) groups is 2. The van der Waals surface area contributed by atoms with Gasteiger partial charge in [-0.3, -0.25) is 19.5 Å². The summed E-state index contributed by atoms with van der Waals surface area (Å²) in [4.78, 5) is 30.8. The van der Waals surface area contributed by atoms with Gasteiger partial charge in [0.15, 0.2) is 11.5 Å². The van der Waals surface area contributed by atoms with Crippen LogP contribution in [0, 0.1) is 5.82 Å². The molecular formula is C20H13FN2O4. The Bertz CT molecular complexity index is 1040. The summed E-state index contributed by atoms with van der Waals surface area (Å²) in [5.41, 5.74) is 0.627. The van der Waals surface area contributed by atoms with Crippen molar-refractivity contribution in [2.24, 2.45) is 0 Å². The number of hydrogen-bond donors (Lipinski definition) is 1. The zero-order valence-corrected chi connectivity index (χ0v) is 13.9. The molecule has 0 radical (unpaired) electrons. The van der Waals surface area contributed by atoms with Crippen LogP contribution in [0.1, 0.15) is 22.2 Å². The van der Waals surface area contributed by atoms with Crippen LogP contribution in [-0.2, 0) is 4.79 Å². The van der Waals surface area contributed by atoms with E-state index in [4.69, 9.17) is 4.42 Å². The molecule has 7 heteroatoms. The van der Waals surface area contributed by atoms with Gasteiger partial charge >= 0.3 is 0 Å². The Labute approximate surface area is 153 Å². The van der Waals surface area contributed by atoms with Gasteiger partial charge in [0.25, 0.3) is 5.91 Å². The summed E-state index contributed by atoms with van der Waals surface area (Å²) in [7, 11) is 0. The third kappa shape index (κ3) is 2.79. The first-order valence-corrected chi connectivity index (χ1v) is 8.08. The van der Waals surface area contributed by atoms with E-state index in [0.717, 1.165) is 0 Å². The van der Waals surface area contributed by atoms with Crippen molar-refractivity contribution in [2.45, 2.75) is 6.04 Å². The highest BCUT2D eigenvalue weighted by molar-refractivity contribution is 6.20. The number of benzene rings is 1. The molecule has 1 unspecified atom stereocenters. The number of ketones is 1. The number of halogens is 1. The summed E-state index contributed by atoms with van der Waals surface area (Å²) >= 11 is 0. The molecule has 0 aliphatic carbocycles. The number of hydrogen-bond acceptors (Lipinski definition) is 5. The molecule has 1 aliphatic heterocycles. The Morgan fingerprint density at radius 3 is 2.59 bits per heavy atom. The average Bonchev–Trinajstić information content (AvgIpc) is 3.30. The van der Waals surface area contributed by atoms with E-state index in [1.54, 1.807) is 12.1 Å². The predicted octanol–water partition coefficient (Wildman–Crippen LogP) is 3.60. The summed E-state index contributed by atoms with van der Waals surface area (Å²) in [5.74, 6) is -2.66. The van der Waals surface area contributed by atoms with Gasteiger partial charge in [-0.15, -0.1) is 0 Å². The van der Waals surface area contributed by atoms with Crippen LogP contribution in [0.2, 0.25) is 0 Å². The first kappa shape index (κ1) is 16.7. The molecule has 0 saturated heterocycles. The third-order valence-electron chi connectivity index (χ3n) is 4.31. The van der Waals surface area contributed by atoms with Crippen LogP contribution < -0.4 is 4.90 Å². The number of amides is 1. The number of rotatable bonds is 4. The molecule has 0 fully saturated rings. The monoisotopic (exact) mass is 364 g/mol. The number of Topliss-reactive ketones (excluding diaryl/α,β-unsaturated/α-hetero) is 1. The molecule has 134 valence electrons. The van der Waals surface area contributed by atoms with E-state index in [9.17, 15) is 19.1 Å². The smallest absolute Gasteiger partial charge is 0.294 e. The van der Waals surface area contributed by atoms with Gasteiger partial charge in [-0.1, -0.05) is 6.07 Å². The van der Waals surface area contributed by atoms with Gasteiger partial charge in [0, 0.05) is 18.1 Å². The molecule has 3 aromatic rings. The molecule has 0 saturated carbocycles. The van der Waals surface area contributed by atoms with E-state index in [-0.39, 0.29) is 17.0 Å². The van der Waals surface area contributed by atoms with Crippen LogP contribution in [-0.4, -0.2) is 21.8 Å². The number of nitrogens with zero attached hydrogens (tertiary/aromatic N) is 2. The second-order valence-corrected chi connectivity index (χ2v) is 5.91. The molecule has 27 heavy (non-hydrogen) atoms. The molecule has 6 nitrogen and oxygen atoms in total. The van der Waals surface area contributed by atoms with Crippen LogP contribution >= 0.6 is 0 Å². The minimum atomic E-state index is -0.945. The lowest BCUT2D eigenvalue weighted by atomic mass is 9.95. The molecule has 1 amide bonds. The van der Waals surface area contributed by atoms with Gasteiger partial charge in [0.1, 0.15) is 5.82 Å². The molecule has 0 spiro atoms. The Morgan fingerprint density at radius 2 is 1.93 bits per heavy atom. The highest BCUT2D eigenvalue weighted by Crippen LogP contribution is 2.41. The number of aliphatic hydroxyl groups excluding tert-OH is 1. The number of furan rings is 1. The maximum absolute atomic E-state index is 13.7. The van der Waals surface area contributed by atoms with Crippen LogP contribution in [0.4, 0.5) is 10.1 Å². The zero-order chi connectivity index (χ0) is 19.0. The number of anilines is 1. The van der Waals surface area contributed by atoms with Crippen LogP contribution in [0.25, 0.3) is 0 Å². The molecule has 1 aliphatic rings. The lowest BCUT2D eigenvalue weighted by molar-refractivity contribution is -0.117. The molecule has 3 heterocycles. The van der Waals surface area contributed by atoms with Crippen LogP contribution in [0.5, 0.6) is 0 Å². The van der Waals surface area contributed by atoms with Crippen molar-refractivity contribution in [3.63, 3.8) is 0 Å². The second-order valence-electron chi connectivity index (χ2n) is 5.91. The zero-order valence-electron chi connectivity index (χ0n) is 13.9. The SMILES string of the molecule is O=C(C1=C(O)C(=O)N(c2cccc(F)c2)C1c1ccncc1)c1ccco1. The minimum absolute atomic E-state index is 0.00972. The highest BCUT2D eigenvalue weighted by Gasteiger charge is 2.45. The fraction of sp³-hybridized carbons (Fsp3) is 0.0500. The van der Waals surface area contributed by atoms with Gasteiger partial charge in [0.2, 0.25) is 5.78 Å². The first-order valence-electron chi connectivity index (χ1n) is 8.08. The van der Waals surface area contributed by atoms with Crippen molar-refractivity contribution >= 4 is 17.4 Å². The van der Waals surface area contributed by atoms with Crippen LogP contribution in [0.3, 0.4) is 0 Å². The normalized spacial score (nSPS) is 16.9. The summed E-state index contributed by atoms with van der Waals surface area (Å²) in [6.07, 6.45) is 4.34. The standard InChI is InChI=1S/C20H13FN2O4/c21-13-3-1-4-14(11-13)23-17(12-6-8-22-9-7-12)16(19(25)20(23)26)18(24)15-5-2-10-27-15/h1-11,17,25H. The Morgan fingerprint density at radius 1 is 1.15 bits per heavy atom. The van der Waals surface area contributed by atoms with Crippen molar-refractivity contribution in [3.8, 4) is 0 Å². The maximum Gasteiger partial charge on any atom is 0.294 e. The van der Waals surface area contributed by atoms with Gasteiger partial charge < -0.3 is 9.52 Å². The maximum atomic E-state index is 13.7. The minimum Gasteiger partial charge on any atom is -0.503 e. The molecule has 0 bridgehead atoms. The van der Waals surface area contributed by atoms with Crippen molar-refractivity contribution in [1.29, 1.82) is 0 Å². The van der Waals surface area contributed by atoms with Gasteiger partial charge in [-0.25, -0.2) is 4.39 Å². The van der Waals surface area contributed by atoms with Crippen molar-refractivity contribution in [2.75, 3.05) is 4.90 Å². The lowest BCUT2D eigenvalue weighted by Gasteiger charge is -2.26. The first-order chi connectivity index (χ1) is 13.1. The van der Waals surface area contributed by atoms with Gasteiger partial charge in [-0.2, -0.15) is 0 Å². The molecule has 1 atom stereocenters. The van der Waals surface area contributed by atoms with E-state index in [0.29, 0.717) is 5.56 Å². The topological polar surface area (TPSA) is 83.6 Å². The van der Waals surface area contributed by atoms with Crippen LogP contribution in [0.15, 0.2) is 82.9 Å². The molecule has 2 aromatic heterocycles. The Balaban J connectivity index is 1.89. The third-order valence-corrected chi connectivity index (χ3v) is 4.31. The Hall–Kier alpha value is -3.74.